The summed E-state index contributed by atoms with van der Waals surface area (Å²) in [6.07, 6.45) is 0. The maximum atomic E-state index is 12.5. The van der Waals surface area contributed by atoms with Crippen molar-refractivity contribution in [3.63, 3.8) is 0 Å². The topological polar surface area (TPSA) is 59.2 Å². The summed E-state index contributed by atoms with van der Waals surface area (Å²) in [5.41, 5.74) is 8.37. The normalized spacial score (nSPS) is 11.0. The van der Waals surface area contributed by atoms with Gasteiger partial charge in [0.15, 0.2) is 0 Å². The molecule has 0 fully saturated rings. The molecule has 0 radical (unpaired) electrons. The fourth-order valence-corrected chi connectivity index (χ4v) is 3.11. The molecule has 0 saturated carbocycles. The Hall–Kier alpha value is -1.43. The number of nitrogens with zero attached hydrogens (tertiary/aromatic N) is 2. The van der Waals surface area contributed by atoms with E-state index in [0.29, 0.717) is 18.8 Å². The number of hydrogen-bond donors (Lipinski definition) is 1. The van der Waals surface area contributed by atoms with E-state index in [1.807, 2.05) is 7.05 Å². The lowest BCUT2D eigenvalue weighted by Crippen LogP contribution is -2.38. The SMILES string of the molecule is Cc1ccc(C(C)(C)CN(C)C(=O)c2csc(CN)n2)cc1.Cl. The molecule has 1 heterocycles. The minimum atomic E-state index is -0.120. The lowest BCUT2D eigenvalue weighted by atomic mass is 9.84. The summed E-state index contributed by atoms with van der Waals surface area (Å²) in [6, 6.07) is 8.46. The lowest BCUT2D eigenvalue weighted by molar-refractivity contribution is 0.0762. The highest BCUT2D eigenvalue weighted by atomic mass is 35.5. The van der Waals surface area contributed by atoms with Gasteiger partial charge in [-0.1, -0.05) is 43.7 Å². The third-order valence-electron chi connectivity index (χ3n) is 3.76. The fraction of sp³-hybridized carbons (Fsp3) is 0.412. The predicted molar refractivity (Wildman–Crippen MR) is 98.4 cm³/mol. The van der Waals surface area contributed by atoms with Gasteiger partial charge in [-0.3, -0.25) is 4.79 Å². The van der Waals surface area contributed by atoms with Gasteiger partial charge in [-0.2, -0.15) is 0 Å². The minimum Gasteiger partial charge on any atom is -0.339 e. The molecule has 2 rings (SSSR count). The van der Waals surface area contributed by atoms with Gasteiger partial charge < -0.3 is 10.6 Å². The second-order valence-corrected chi connectivity index (χ2v) is 7.18. The third-order valence-corrected chi connectivity index (χ3v) is 4.63. The Morgan fingerprint density at radius 2 is 1.91 bits per heavy atom. The number of hydrogen-bond acceptors (Lipinski definition) is 4. The van der Waals surface area contributed by atoms with Gasteiger partial charge in [-0.25, -0.2) is 4.98 Å². The number of carbonyl (C=O) groups is 1. The second kappa shape index (κ2) is 7.90. The highest BCUT2D eigenvalue weighted by Crippen LogP contribution is 2.25. The quantitative estimate of drug-likeness (QED) is 0.896. The molecule has 4 nitrogen and oxygen atoms in total. The average molecular weight is 354 g/mol. The summed E-state index contributed by atoms with van der Waals surface area (Å²) >= 11 is 1.43. The monoisotopic (exact) mass is 353 g/mol. The largest absolute Gasteiger partial charge is 0.339 e. The molecule has 2 N–H and O–H groups in total. The van der Waals surface area contributed by atoms with Gasteiger partial charge in [0.25, 0.3) is 5.91 Å². The molecule has 1 amide bonds. The summed E-state index contributed by atoms with van der Waals surface area (Å²) in [7, 11) is 1.82. The van der Waals surface area contributed by atoms with Gasteiger partial charge in [-0.15, -0.1) is 23.7 Å². The molecule has 0 unspecified atom stereocenters. The highest BCUT2D eigenvalue weighted by Gasteiger charge is 2.26. The van der Waals surface area contributed by atoms with Crippen LogP contribution in [0.25, 0.3) is 0 Å². The highest BCUT2D eigenvalue weighted by molar-refractivity contribution is 7.09. The summed E-state index contributed by atoms with van der Waals surface area (Å²) in [5, 5.41) is 2.56. The maximum absolute atomic E-state index is 12.5. The predicted octanol–water partition coefficient (Wildman–Crippen LogP) is 3.38. The average Bonchev–Trinajstić information content (AvgIpc) is 2.95. The number of benzene rings is 1. The van der Waals surface area contributed by atoms with Gasteiger partial charge in [0.05, 0.1) is 0 Å². The van der Waals surface area contributed by atoms with Crippen LogP contribution in [0.1, 0.15) is 40.5 Å². The first-order chi connectivity index (χ1) is 10.3. The van der Waals surface area contributed by atoms with Crippen LogP contribution in [-0.4, -0.2) is 29.4 Å². The van der Waals surface area contributed by atoms with Crippen LogP contribution in [0.2, 0.25) is 0 Å². The van der Waals surface area contributed by atoms with Crippen LogP contribution in [0.5, 0.6) is 0 Å². The van der Waals surface area contributed by atoms with Crippen molar-refractivity contribution in [2.24, 2.45) is 5.73 Å². The van der Waals surface area contributed by atoms with Gasteiger partial charge in [-0.05, 0) is 12.5 Å². The maximum Gasteiger partial charge on any atom is 0.273 e. The zero-order chi connectivity index (χ0) is 16.3. The number of amides is 1. The molecule has 23 heavy (non-hydrogen) atoms. The number of nitrogens with two attached hydrogens (primary N) is 1. The van der Waals surface area contributed by atoms with E-state index in [1.54, 1.807) is 10.3 Å². The Morgan fingerprint density at radius 3 is 2.43 bits per heavy atom. The van der Waals surface area contributed by atoms with Crippen LogP contribution in [0.15, 0.2) is 29.6 Å². The molecule has 0 aliphatic heterocycles. The zero-order valence-corrected chi connectivity index (χ0v) is 15.6. The molecule has 6 heteroatoms. The lowest BCUT2D eigenvalue weighted by Gasteiger charge is -2.30. The van der Waals surface area contributed by atoms with Crippen LogP contribution >= 0.6 is 23.7 Å². The Bertz CT molecular complexity index is 652. The van der Waals surface area contributed by atoms with Crippen LogP contribution in [-0.2, 0) is 12.0 Å². The molecule has 0 saturated heterocycles. The van der Waals surface area contributed by atoms with Gasteiger partial charge in [0.1, 0.15) is 10.7 Å². The molecule has 0 aliphatic carbocycles. The van der Waals surface area contributed by atoms with Crippen molar-refractivity contribution in [1.29, 1.82) is 0 Å². The second-order valence-electron chi connectivity index (χ2n) is 6.24. The van der Waals surface area contributed by atoms with Crippen molar-refractivity contribution < 1.29 is 4.79 Å². The van der Waals surface area contributed by atoms with Crippen molar-refractivity contribution in [3.05, 3.63) is 51.5 Å². The van der Waals surface area contributed by atoms with Crippen LogP contribution in [0, 0.1) is 6.92 Å². The number of aryl methyl sites for hydroxylation is 1. The number of carbonyl (C=O) groups excluding carboxylic acids is 1. The van der Waals surface area contributed by atoms with Crippen molar-refractivity contribution in [3.8, 4) is 0 Å². The molecule has 0 bridgehead atoms. The number of aromatic nitrogens is 1. The first-order valence-electron chi connectivity index (χ1n) is 7.30. The molecule has 0 spiro atoms. The Labute approximate surface area is 148 Å². The summed E-state index contributed by atoms with van der Waals surface area (Å²) in [6.45, 7) is 7.37. The number of halogens is 1. The van der Waals surface area contributed by atoms with E-state index in [9.17, 15) is 4.79 Å². The summed E-state index contributed by atoms with van der Waals surface area (Å²) < 4.78 is 0. The van der Waals surface area contributed by atoms with E-state index in [-0.39, 0.29) is 23.7 Å². The third kappa shape index (κ3) is 4.77. The molecule has 1 aromatic carbocycles. The Kier molecular flexibility index (Phi) is 6.74. The van der Waals surface area contributed by atoms with Crippen molar-refractivity contribution in [1.82, 2.24) is 9.88 Å². The Balaban J connectivity index is 0.00000264. The van der Waals surface area contributed by atoms with Crippen molar-refractivity contribution in [2.45, 2.75) is 32.7 Å². The molecular formula is C17H24ClN3OS. The van der Waals surface area contributed by atoms with Crippen molar-refractivity contribution in [2.75, 3.05) is 13.6 Å². The number of likely N-dealkylation sites (N-methyl/N-ethyl adjacent to an activating group) is 1. The van der Waals surface area contributed by atoms with E-state index in [0.717, 1.165) is 5.01 Å². The van der Waals surface area contributed by atoms with Gasteiger partial charge in [0.2, 0.25) is 0 Å². The molecule has 1 aromatic heterocycles. The van der Waals surface area contributed by atoms with E-state index in [2.05, 4.69) is 50.0 Å². The van der Waals surface area contributed by atoms with Crippen LogP contribution in [0.4, 0.5) is 0 Å². The first kappa shape index (κ1) is 19.6. The summed E-state index contributed by atoms with van der Waals surface area (Å²) in [4.78, 5) is 18.5. The van der Waals surface area contributed by atoms with Gasteiger partial charge in [0, 0.05) is 30.9 Å². The van der Waals surface area contributed by atoms with Crippen LogP contribution < -0.4 is 5.73 Å². The number of thiazole rings is 1. The van der Waals surface area contributed by atoms with E-state index in [4.69, 9.17) is 5.73 Å². The molecule has 126 valence electrons. The van der Waals surface area contributed by atoms with Gasteiger partial charge >= 0.3 is 0 Å². The molecular weight excluding hydrogens is 330 g/mol. The fourth-order valence-electron chi connectivity index (χ4n) is 2.46. The summed E-state index contributed by atoms with van der Waals surface area (Å²) in [5.74, 6) is -0.0591. The van der Waals surface area contributed by atoms with Crippen LogP contribution in [0.3, 0.4) is 0 Å². The van der Waals surface area contributed by atoms with E-state index in [1.165, 1.54) is 22.5 Å². The van der Waals surface area contributed by atoms with E-state index < -0.39 is 0 Å². The first-order valence-corrected chi connectivity index (χ1v) is 8.18. The smallest absolute Gasteiger partial charge is 0.273 e. The molecule has 0 aliphatic rings. The minimum absolute atomic E-state index is 0. The van der Waals surface area contributed by atoms with Crippen molar-refractivity contribution >= 4 is 29.7 Å². The van der Waals surface area contributed by atoms with E-state index >= 15 is 0 Å². The number of rotatable bonds is 5. The standard InChI is InChI=1S/C17H23N3OS.ClH/c1-12-5-7-13(8-6-12)17(2,3)11-20(4)16(21)14-10-22-15(9-18)19-14;/h5-8,10H,9,11,18H2,1-4H3;1H. The molecule has 2 aromatic rings. The zero-order valence-electron chi connectivity index (χ0n) is 14.0. The Morgan fingerprint density at radius 1 is 1.30 bits per heavy atom. The molecule has 0 atom stereocenters.